The zero-order chi connectivity index (χ0) is 23.5. The maximum absolute atomic E-state index is 12.8. The Bertz CT molecular complexity index is 1090. The SMILES string of the molecule is FC(F)(F)Oc1ccccc1NSN1CCCC(C2c3ccccc3CCc3ccccc32)C1. The number of halogens is 3. The Kier molecular flexibility index (Phi) is 6.75. The van der Waals surface area contributed by atoms with Crippen LogP contribution in [0.25, 0.3) is 0 Å². The van der Waals surface area contributed by atoms with Crippen LogP contribution in [0.4, 0.5) is 18.9 Å². The first-order valence-corrected chi connectivity index (χ1v) is 12.4. The molecule has 1 heterocycles. The molecule has 0 bridgehead atoms. The number of fused-ring (bicyclic) bond motifs is 2. The third-order valence-corrected chi connectivity index (χ3v) is 7.63. The summed E-state index contributed by atoms with van der Waals surface area (Å²) in [5.41, 5.74) is 5.99. The monoisotopic (exact) mass is 484 g/mol. The van der Waals surface area contributed by atoms with E-state index in [0.717, 1.165) is 38.8 Å². The Labute approximate surface area is 202 Å². The van der Waals surface area contributed by atoms with Crippen LogP contribution >= 0.6 is 12.1 Å². The Morgan fingerprint density at radius 3 is 2.15 bits per heavy atom. The minimum atomic E-state index is -4.72. The number of anilines is 1. The van der Waals surface area contributed by atoms with Gasteiger partial charge in [-0.3, -0.25) is 0 Å². The lowest BCUT2D eigenvalue weighted by Crippen LogP contribution is -2.35. The molecule has 34 heavy (non-hydrogen) atoms. The number of nitrogens with one attached hydrogen (secondary N) is 1. The zero-order valence-corrected chi connectivity index (χ0v) is 19.5. The van der Waals surface area contributed by atoms with Crippen molar-refractivity contribution in [3.05, 3.63) is 95.1 Å². The molecule has 1 fully saturated rings. The van der Waals surface area contributed by atoms with E-state index in [2.05, 4.69) is 62.3 Å². The van der Waals surface area contributed by atoms with Crippen LogP contribution in [0.15, 0.2) is 72.8 Å². The molecule has 2 aliphatic rings. The third-order valence-electron chi connectivity index (χ3n) is 6.73. The van der Waals surface area contributed by atoms with Gasteiger partial charge in [0, 0.05) is 31.1 Å². The summed E-state index contributed by atoms with van der Waals surface area (Å²) in [5, 5.41) is 0. The van der Waals surface area contributed by atoms with Crippen molar-refractivity contribution < 1.29 is 17.9 Å². The largest absolute Gasteiger partial charge is 0.573 e. The molecule has 0 amide bonds. The van der Waals surface area contributed by atoms with Gasteiger partial charge in [0.25, 0.3) is 0 Å². The van der Waals surface area contributed by atoms with E-state index in [1.807, 2.05) is 0 Å². The lowest BCUT2D eigenvalue weighted by molar-refractivity contribution is -0.274. The van der Waals surface area contributed by atoms with Crippen LogP contribution in [0, 0.1) is 5.92 Å². The van der Waals surface area contributed by atoms with E-state index >= 15 is 0 Å². The summed E-state index contributed by atoms with van der Waals surface area (Å²) < 4.78 is 47.9. The van der Waals surface area contributed by atoms with E-state index in [1.54, 1.807) is 12.1 Å². The number of para-hydroxylation sites is 2. The van der Waals surface area contributed by atoms with E-state index in [4.69, 9.17) is 0 Å². The predicted molar refractivity (Wildman–Crippen MR) is 131 cm³/mol. The molecule has 1 atom stereocenters. The number of hydrogen-bond donors (Lipinski definition) is 1. The Hall–Kier alpha value is -2.64. The van der Waals surface area contributed by atoms with Gasteiger partial charge in [-0.15, -0.1) is 13.2 Å². The number of piperidine rings is 1. The van der Waals surface area contributed by atoms with Crippen LogP contribution in [0.1, 0.15) is 41.0 Å². The van der Waals surface area contributed by atoms with Crippen molar-refractivity contribution in [2.24, 2.45) is 5.92 Å². The maximum atomic E-state index is 12.8. The van der Waals surface area contributed by atoms with Gasteiger partial charge in [0.1, 0.15) is 0 Å². The molecule has 1 N–H and O–H groups in total. The van der Waals surface area contributed by atoms with Crippen LogP contribution in [0.3, 0.4) is 0 Å². The third kappa shape index (κ3) is 5.20. The number of nitrogens with zero attached hydrogens (tertiary/aromatic N) is 1. The smallest absolute Gasteiger partial charge is 0.404 e. The summed E-state index contributed by atoms with van der Waals surface area (Å²) in [5.74, 6) is 0.520. The van der Waals surface area contributed by atoms with Crippen LogP contribution in [0.5, 0.6) is 5.75 Å². The van der Waals surface area contributed by atoms with Gasteiger partial charge in [-0.25, -0.2) is 4.31 Å². The lowest BCUT2D eigenvalue weighted by atomic mass is 9.76. The molecular weight excluding hydrogens is 457 g/mol. The molecule has 3 aromatic rings. The van der Waals surface area contributed by atoms with Gasteiger partial charge >= 0.3 is 6.36 Å². The van der Waals surface area contributed by atoms with Crippen molar-refractivity contribution in [3.8, 4) is 5.75 Å². The van der Waals surface area contributed by atoms with Gasteiger partial charge < -0.3 is 9.46 Å². The first-order chi connectivity index (χ1) is 16.5. The van der Waals surface area contributed by atoms with Crippen molar-refractivity contribution >= 4 is 17.8 Å². The van der Waals surface area contributed by atoms with Crippen LogP contribution < -0.4 is 9.46 Å². The minimum Gasteiger partial charge on any atom is -0.404 e. The first kappa shape index (κ1) is 23.1. The molecule has 1 aliphatic carbocycles. The Morgan fingerprint density at radius 1 is 0.853 bits per heavy atom. The second kappa shape index (κ2) is 9.92. The first-order valence-electron chi connectivity index (χ1n) is 11.7. The fraction of sp³-hybridized carbons (Fsp3) is 0.333. The average molecular weight is 485 g/mol. The summed E-state index contributed by atoms with van der Waals surface area (Å²) in [7, 11) is 0. The Morgan fingerprint density at radius 2 is 1.47 bits per heavy atom. The highest BCUT2D eigenvalue weighted by atomic mass is 32.2. The summed E-state index contributed by atoms with van der Waals surface area (Å²) in [6.07, 6.45) is -0.461. The van der Waals surface area contributed by atoms with Gasteiger partial charge in [0.15, 0.2) is 5.75 Å². The van der Waals surface area contributed by atoms with Crippen molar-refractivity contribution in [1.29, 1.82) is 0 Å². The second-order valence-corrected chi connectivity index (χ2v) is 9.81. The number of aryl methyl sites for hydroxylation is 2. The van der Waals surface area contributed by atoms with Crippen LogP contribution in [0.2, 0.25) is 0 Å². The Balaban J connectivity index is 1.35. The molecule has 7 heteroatoms. The molecule has 178 valence electrons. The molecular formula is C27H27F3N2OS. The van der Waals surface area contributed by atoms with Crippen molar-refractivity contribution in [3.63, 3.8) is 0 Å². The van der Waals surface area contributed by atoms with Crippen molar-refractivity contribution in [1.82, 2.24) is 4.31 Å². The van der Waals surface area contributed by atoms with Gasteiger partial charge in [0.05, 0.1) is 5.69 Å². The molecule has 1 unspecified atom stereocenters. The van der Waals surface area contributed by atoms with Crippen LogP contribution in [-0.2, 0) is 12.8 Å². The number of rotatable bonds is 5. The molecule has 1 aliphatic heterocycles. The highest BCUT2D eigenvalue weighted by Crippen LogP contribution is 2.43. The van der Waals surface area contributed by atoms with E-state index < -0.39 is 6.36 Å². The molecule has 1 saturated heterocycles. The van der Waals surface area contributed by atoms with Gasteiger partial charge in [0.2, 0.25) is 0 Å². The fourth-order valence-corrected chi connectivity index (χ4v) is 6.17. The highest BCUT2D eigenvalue weighted by Gasteiger charge is 2.34. The normalized spacial score (nSPS) is 19.1. The van der Waals surface area contributed by atoms with E-state index in [0.29, 0.717) is 17.5 Å². The predicted octanol–water partition coefficient (Wildman–Crippen LogP) is 7.20. The van der Waals surface area contributed by atoms with E-state index in [9.17, 15) is 13.2 Å². The number of benzene rings is 3. The quantitative estimate of drug-likeness (QED) is 0.387. The molecule has 0 aromatic heterocycles. The van der Waals surface area contributed by atoms with Crippen LogP contribution in [-0.4, -0.2) is 23.8 Å². The average Bonchev–Trinajstić information content (AvgIpc) is 3.00. The van der Waals surface area contributed by atoms with Gasteiger partial charge in [-0.2, -0.15) is 0 Å². The molecule has 5 rings (SSSR count). The molecule has 3 nitrogen and oxygen atoms in total. The number of ether oxygens (including phenoxy) is 1. The highest BCUT2D eigenvalue weighted by molar-refractivity contribution is 7.98. The molecule has 0 radical (unpaired) electrons. The van der Waals surface area contributed by atoms with E-state index in [-0.39, 0.29) is 5.75 Å². The van der Waals surface area contributed by atoms with Gasteiger partial charge in [-0.05, 0) is 66.0 Å². The van der Waals surface area contributed by atoms with E-state index in [1.165, 1.54) is 46.5 Å². The topological polar surface area (TPSA) is 24.5 Å². The molecule has 3 aromatic carbocycles. The standard InChI is InChI=1S/C27H27F3N2OS/c28-27(29,30)33-25-14-6-5-13-24(25)31-34-32-17-7-10-21(18-32)26-22-11-3-1-8-19(22)15-16-20-9-2-4-12-23(20)26/h1-6,8-9,11-14,21,26,31H,7,10,15-18H2. The maximum Gasteiger partial charge on any atom is 0.573 e. The fourth-order valence-electron chi connectivity index (χ4n) is 5.28. The summed E-state index contributed by atoms with van der Waals surface area (Å²) >= 11 is 1.36. The minimum absolute atomic E-state index is 0.220. The van der Waals surface area contributed by atoms with Gasteiger partial charge in [-0.1, -0.05) is 60.7 Å². The summed E-state index contributed by atoms with van der Waals surface area (Å²) in [4.78, 5) is 0. The molecule has 0 spiro atoms. The second-order valence-electron chi connectivity index (χ2n) is 8.90. The number of hydrogen-bond acceptors (Lipinski definition) is 4. The van der Waals surface area contributed by atoms with Crippen molar-refractivity contribution in [2.45, 2.75) is 38.0 Å². The summed E-state index contributed by atoms with van der Waals surface area (Å²) in [6, 6.07) is 23.7. The number of alkyl halides is 3. The van der Waals surface area contributed by atoms with Crippen molar-refractivity contribution in [2.75, 3.05) is 17.8 Å². The molecule has 0 saturated carbocycles. The summed E-state index contributed by atoms with van der Waals surface area (Å²) in [6.45, 7) is 1.74. The lowest BCUT2D eigenvalue weighted by Gasteiger charge is -2.37. The zero-order valence-electron chi connectivity index (χ0n) is 18.7.